The fourth-order valence-electron chi connectivity index (χ4n) is 2.49. The number of carbonyl (C=O) groups is 1. The molecule has 6 nitrogen and oxygen atoms in total. The Hall–Kier alpha value is -2.35. The van der Waals surface area contributed by atoms with Gasteiger partial charge in [0, 0.05) is 36.6 Å². The molecule has 0 saturated carbocycles. The van der Waals surface area contributed by atoms with Crippen molar-refractivity contribution in [2.24, 2.45) is 0 Å². The van der Waals surface area contributed by atoms with Gasteiger partial charge in [-0.3, -0.25) is 4.79 Å². The van der Waals surface area contributed by atoms with Gasteiger partial charge >= 0.3 is 0 Å². The monoisotopic (exact) mass is 391 g/mol. The molecule has 1 aromatic heterocycles. The molecule has 0 bridgehead atoms. The van der Waals surface area contributed by atoms with Crippen LogP contribution in [0.3, 0.4) is 0 Å². The standard InChI is InChI=1S/C18H18ClN3O3S/c1-22(2)26(24,25)15-6-3-12(4-7-15)11-20-18(23)17-10-13-9-14(19)5-8-16(13)21-17/h3-10,21H,11H2,1-2H3,(H,20,23). The molecule has 2 N–H and O–H groups in total. The van der Waals surface area contributed by atoms with Crippen LogP contribution in [0.15, 0.2) is 53.4 Å². The van der Waals surface area contributed by atoms with Crippen molar-refractivity contribution in [1.82, 2.24) is 14.6 Å². The zero-order valence-electron chi connectivity index (χ0n) is 14.3. The van der Waals surface area contributed by atoms with Crippen LogP contribution in [0, 0.1) is 0 Å². The van der Waals surface area contributed by atoms with Gasteiger partial charge in [-0.1, -0.05) is 23.7 Å². The van der Waals surface area contributed by atoms with E-state index in [9.17, 15) is 13.2 Å². The molecule has 2 aromatic carbocycles. The summed E-state index contributed by atoms with van der Waals surface area (Å²) in [4.78, 5) is 15.6. The maximum Gasteiger partial charge on any atom is 0.267 e. The highest BCUT2D eigenvalue weighted by atomic mass is 35.5. The molecule has 0 aliphatic rings. The number of nitrogens with one attached hydrogen (secondary N) is 2. The van der Waals surface area contributed by atoms with Crippen LogP contribution in [0.2, 0.25) is 5.02 Å². The molecule has 136 valence electrons. The van der Waals surface area contributed by atoms with Gasteiger partial charge in [-0.25, -0.2) is 12.7 Å². The molecule has 3 aromatic rings. The van der Waals surface area contributed by atoms with Crippen molar-refractivity contribution >= 4 is 38.4 Å². The van der Waals surface area contributed by atoms with E-state index in [1.165, 1.54) is 26.2 Å². The number of rotatable bonds is 5. The molecule has 0 unspecified atom stereocenters. The first-order valence-electron chi connectivity index (χ1n) is 7.85. The maximum absolute atomic E-state index is 12.3. The summed E-state index contributed by atoms with van der Waals surface area (Å²) in [5, 5.41) is 4.28. The normalized spacial score (nSPS) is 11.8. The number of H-pyrrole nitrogens is 1. The summed E-state index contributed by atoms with van der Waals surface area (Å²) in [6, 6.07) is 13.5. The van der Waals surface area contributed by atoms with Crippen LogP contribution in [0.25, 0.3) is 10.9 Å². The Kier molecular flexibility index (Phi) is 5.04. The summed E-state index contributed by atoms with van der Waals surface area (Å²) >= 11 is 5.95. The van der Waals surface area contributed by atoms with E-state index in [2.05, 4.69) is 10.3 Å². The van der Waals surface area contributed by atoms with Gasteiger partial charge in [0.1, 0.15) is 5.69 Å². The number of amides is 1. The Morgan fingerprint density at radius 1 is 1.12 bits per heavy atom. The third-order valence-electron chi connectivity index (χ3n) is 3.98. The summed E-state index contributed by atoms with van der Waals surface area (Å²) in [5.74, 6) is -0.248. The molecule has 26 heavy (non-hydrogen) atoms. The van der Waals surface area contributed by atoms with E-state index in [0.717, 1.165) is 20.8 Å². The van der Waals surface area contributed by atoms with Crippen LogP contribution in [0.5, 0.6) is 0 Å². The first-order valence-corrected chi connectivity index (χ1v) is 9.67. The molecule has 8 heteroatoms. The highest BCUT2D eigenvalue weighted by Gasteiger charge is 2.16. The van der Waals surface area contributed by atoms with E-state index in [4.69, 9.17) is 11.6 Å². The molecule has 3 rings (SSSR count). The number of carbonyl (C=O) groups excluding carboxylic acids is 1. The van der Waals surface area contributed by atoms with Gasteiger partial charge in [0.05, 0.1) is 4.90 Å². The minimum absolute atomic E-state index is 0.213. The summed E-state index contributed by atoms with van der Waals surface area (Å²) in [6.45, 7) is 0.289. The Morgan fingerprint density at radius 2 is 1.81 bits per heavy atom. The molecular weight excluding hydrogens is 374 g/mol. The molecule has 0 spiro atoms. The predicted molar refractivity (Wildman–Crippen MR) is 102 cm³/mol. The van der Waals surface area contributed by atoms with Crippen molar-refractivity contribution in [3.8, 4) is 0 Å². The molecule has 0 radical (unpaired) electrons. The second kappa shape index (κ2) is 7.11. The minimum Gasteiger partial charge on any atom is -0.351 e. The summed E-state index contributed by atoms with van der Waals surface area (Å²) < 4.78 is 25.3. The fraction of sp³-hybridized carbons (Fsp3) is 0.167. The van der Waals surface area contributed by atoms with E-state index in [1.54, 1.807) is 30.3 Å². The van der Waals surface area contributed by atoms with Gasteiger partial charge in [-0.2, -0.15) is 0 Å². The van der Waals surface area contributed by atoms with Crippen LogP contribution < -0.4 is 5.32 Å². The molecule has 1 amide bonds. The average molecular weight is 392 g/mol. The molecule has 0 aliphatic heterocycles. The summed E-state index contributed by atoms with van der Waals surface area (Å²) in [6.07, 6.45) is 0. The zero-order chi connectivity index (χ0) is 18.9. The summed E-state index contributed by atoms with van der Waals surface area (Å²) in [5.41, 5.74) is 2.07. The Morgan fingerprint density at radius 3 is 2.46 bits per heavy atom. The quantitative estimate of drug-likeness (QED) is 0.701. The van der Waals surface area contributed by atoms with Gasteiger partial charge in [0.25, 0.3) is 5.91 Å². The number of sulfonamides is 1. The molecule has 0 aliphatic carbocycles. The van der Waals surface area contributed by atoms with Crippen LogP contribution >= 0.6 is 11.6 Å². The zero-order valence-corrected chi connectivity index (χ0v) is 15.9. The van der Waals surface area contributed by atoms with E-state index in [0.29, 0.717) is 10.7 Å². The lowest BCUT2D eigenvalue weighted by Crippen LogP contribution is -2.23. The predicted octanol–water partition coefficient (Wildman–Crippen LogP) is 3.00. The van der Waals surface area contributed by atoms with E-state index in [-0.39, 0.29) is 17.3 Å². The second-order valence-corrected chi connectivity index (χ2v) is 8.62. The topological polar surface area (TPSA) is 82.3 Å². The molecule has 0 atom stereocenters. The number of aromatic nitrogens is 1. The largest absolute Gasteiger partial charge is 0.351 e. The van der Waals surface area contributed by atoms with Crippen LogP contribution in [-0.4, -0.2) is 37.7 Å². The second-order valence-electron chi connectivity index (χ2n) is 6.03. The van der Waals surface area contributed by atoms with E-state index in [1.807, 2.05) is 6.07 Å². The van der Waals surface area contributed by atoms with Gasteiger partial charge in [0.2, 0.25) is 10.0 Å². The Labute approximate surface area is 156 Å². The van der Waals surface area contributed by atoms with Crippen molar-refractivity contribution in [1.29, 1.82) is 0 Å². The van der Waals surface area contributed by atoms with Crippen molar-refractivity contribution in [2.75, 3.05) is 14.1 Å². The highest BCUT2D eigenvalue weighted by Crippen LogP contribution is 2.20. The molecule has 0 saturated heterocycles. The fourth-order valence-corrected chi connectivity index (χ4v) is 3.58. The third-order valence-corrected chi connectivity index (χ3v) is 6.05. The van der Waals surface area contributed by atoms with Crippen LogP contribution in [0.4, 0.5) is 0 Å². The Bertz CT molecular complexity index is 1060. The number of halogens is 1. The van der Waals surface area contributed by atoms with E-state index >= 15 is 0 Å². The van der Waals surface area contributed by atoms with Crippen molar-refractivity contribution < 1.29 is 13.2 Å². The van der Waals surface area contributed by atoms with Crippen molar-refractivity contribution in [2.45, 2.75) is 11.4 Å². The Balaban J connectivity index is 1.69. The van der Waals surface area contributed by atoms with Crippen LogP contribution in [0.1, 0.15) is 16.1 Å². The third kappa shape index (κ3) is 3.75. The van der Waals surface area contributed by atoms with E-state index < -0.39 is 10.0 Å². The molecule has 1 heterocycles. The van der Waals surface area contributed by atoms with Gasteiger partial charge in [-0.05, 0) is 42.0 Å². The lowest BCUT2D eigenvalue weighted by molar-refractivity contribution is 0.0946. The number of benzene rings is 2. The first-order chi connectivity index (χ1) is 12.3. The minimum atomic E-state index is -3.46. The lowest BCUT2D eigenvalue weighted by Gasteiger charge is -2.11. The van der Waals surface area contributed by atoms with Gasteiger partial charge in [0.15, 0.2) is 0 Å². The number of hydrogen-bond acceptors (Lipinski definition) is 3. The van der Waals surface area contributed by atoms with Gasteiger partial charge in [-0.15, -0.1) is 0 Å². The number of hydrogen-bond donors (Lipinski definition) is 2. The molecule has 0 fully saturated rings. The number of aromatic amines is 1. The average Bonchev–Trinajstić information content (AvgIpc) is 3.03. The smallest absolute Gasteiger partial charge is 0.267 e. The van der Waals surface area contributed by atoms with Crippen molar-refractivity contribution in [3.63, 3.8) is 0 Å². The van der Waals surface area contributed by atoms with Gasteiger partial charge < -0.3 is 10.3 Å². The van der Waals surface area contributed by atoms with Crippen LogP contribution in [-0.2, 0) is 16.6 Å². The maximum atomic E-state index is 12.3. The number of nitrogens with zero attached hydrogens (tertiary/aromatic N) is 1. The SMILES string of the molecule is CN(C)S(=O)(=O)c1ccc(CNC(=O)c2cc3cc(Cl)ccc3[nH]2)cc1. The first kappa shape index (κ1) is 18.4. The number of fused-ring (bicyclic) bond motifs is 1. The van der Waals surface area contributed by atoms with Crippen molar-refractivity contribution in [3.05, 3.63) is 64.8 Å². The highest BCUT2D eigenvalue weighted by molar-refractivity contribution is 7.89. The lowest BCUT2D eigenvalue weighted by atomic mass is 10.2. The summed E-state index contributed by atoms with van der Waals surface area (Å²) in [7, 11) is -0.490. The molecular formula is C18H18ClN3O3S.